The van der Waals surface area contributed by atoms with Crippen LogP contribution in [0.25, 0.3) is 0 Å². The summed E-state index contributed by atoms with van der Waals surface area (Å²) >= 11 is 0. The van der Waals surface area contributed by atoms with Gasteiger partial charge in [0.15, 0.2) is 0 Å². The molecule has 0 N–H and O–H groups in total. The summed E-state index contributed by atoms with van der Waals surface area (Å²) in [4.78, 5) is 12.4. The molecule has 1 aliphatic rings. The lowest BCUT2D eigenvalue weighted by atomic mass is 9.71. The van der Waals surface area contributed by atoms with E-state index in [1.54, 1.807) is 12.1 Å². The fraction of sp³-hybridized carbons (Fsp3) is 0.652. The Labute approximate surface area is 163 Å². The molecule has 2 rings (SSSR count). The van der Waals surface area contributed by atoms with Gasteiger partial charge in [0, 0.05) is 0 Å². The molecule has 4 heteroatoms. The highest BCUT2D eigenvalue weighted by Crippen LogP contribution is 2.41. The van der Waals surface area contributed by atoms with Gasteiger partial charge in [0.2, 0.25) is 0 Å². The zero-order valence-electron chi connectivity index (χ0n) is 16.8. The lowest BCUT2D eigenvalue weighted by molar-refractivity contribution is 0.0105. The first-order valence-corrected chi connectivity index (χ1v) is 10.5. The third kappa shape index (κ3) is 6.57. The number of benzene rings is 1. The van der Waals surface area contributed by atoms with Crippen LogP contribution in [-0.2, 0) is 4.74 Å². The fourth-order valence-corrected chi connectivity index (χ4v) is 3.70. The first-order valence-electron chi connectivity index (χ1n) is 10.5. The molecule has 27 heavy (non-hydrogen) atoms. The Morgan fingerprint density at radius 2 is 1.81 bits per heavy atom. The summed E-state index contributed by atoms with van der Waals surface area (Å²) in [6, 6.07) is 9.69. The van der Waals surface area contributed by atoms with Gasteiger partial charge in [0.25, 0.3) is 0 Å². The van der Waals surface area contributed by atoms with E-state index in [4.69, 9.17) is 9.47 Å². The Morgan fingerprint density at radius 1 is 1.11 bits per heavy atom. The molecule has 0 spiro atoms. The molecule has 1 aliphatic carbocycles. The largest absolute Gasteiger partial charge is 0.494 e. The van der Waals surface area contributed by atoms with Crippen molar-refractivity contribution in [3.63, 3.8) is 0 Å². The van der Waals surface area contributed by atoms with Gasteiger partial charge < -0.3 is 9.47 Å². The van der Waals surface area contributed by atoms with Crippen molar-refractivity contribution in [3.05, 3.63) is 29.8 Å². The second-order valence-electron chi connectivity index (χ2n) is 7.68. The summed E-state index contributed by atoms with van der Waals surface area (Å²) in [7, 11) is 0. The van der Waals surface area contributed by atoms with Crippen molar-refractivity contribution >= 4 is 5.97 Å². The number of hydrogen-bond donors (Lipinski definition) is 0. The van der Waals surface area contributed by atoms with E-state index in [1.807, 2.05) is 12.1 Å². The molecule has 1 aromatic rings. The third-order valence-corrected chi connectivity index (χ3v) is 5.47. The molecular weight excluding hydrogens is 338 g/mol. The molecule has 0 aliphatic heterocycles. The molecule has 0 amide bonds. The Bertz CT molecular complexity index is 610. The number of unbranched alkanes of at least 4 members (excludes halogenated alkanes) is 3. The van der Waals surface area contributed by atoms with E-state index in [-0.39, 0.29) is 17.5 Å². The van der Waals surface area contributed by atoms with E-state index >= 15 is 0 Å². The lowest BCUT2D eigenvalue weighted by Gasteiger charge is -2.34. The fourth-order valence-electron chi connectivity index (χ4n) is 3.70. The van der Waals surface area contributed by atoms with Gasteiger partial charge in [-0.25, -0.2) is 4.79 Å². The van der Waals surface area contributed by atoms with Crippen LogP contribution in [0.15, 0.2) is 24.3 Å². The quantitative estimate of drug-likeness (QED) is 0.371. The van der Waals surface area contributed by atoms with Crippen molar-refractivity contribution < 1.29 is 14.3 Å². The zero-order chi connectivity index (χ0) is 19.5. The van der Waals surface area contributed by atoms with Crippen molar-refractivity contribution in [1.82, 2.24) is 0 Å². The average Bonchev–Trinajstić information content (AvgIpc) is 2.71. The maximum absolute atomic E-state index is 12.4. The SMILES string of the molecule is CCCCCCC1(C#N)CCC(OC(=O)c2ccc(OCCC)cc2)CC1. The van der Waals surface area contributed by atoms with Crippen molar-refractivity contribution in [2.45, 2.75) is 84.2 Å². The monoisotopic (exact) mass is 371 g/mol. The summed E-state index contributed by atoms with van der Waals surface area (Å²) in [6.07, 6.45) is 9.86. The standard InChI is InChI=1S/C23H33NO3/c1-3-5-6-7-14-23(18-24)15-12-21(13-16-23)27-22(25)19-8-10-20(11-9-19)26-17-4-2/h8-11,21H,3-7,12-17H2,1-2H3. The van der Waals surface area contributed by atoms with Crippen LogP contribution in [0.4, 0.5) is 0 Å². The third-order valence-electron chi connectivity index (χ3n) is 5.47. The zero-order valence-corrected chi connectivity index (χ0v) is 16.8. The number of hydrogen-bond acceptors (Lipinski definition) is 4. The van der Waals surface area contributed by atoms with Crippen molar-refractivity contribution in [1.29, 1.82) is 5.26 Å². The average molecular weight is 372 g/mol. The van der Waals surface area contributed by atoms with Gasteiger partial charge in [-0.15, -0.1) is 0 Å². The predicted molar refractivity (Wildman–Crippen MR) is 107 cm³/mol. The van der Waals surface area contributed by atoms with E-state index in [2.05, 4.69) is 19.9 Å². The van der Waals surface area contributed by atoms with Crippen LogP contribution < -0.4 is 4.74 Å². The first kappa shape index (κ1) is 21.3. The number of nitriles is 1. The van der Waals surface area contributed by atoms with E-state index < -0.39 is 0 Å². The number of carbonyl (C=O) groups is 1. The second kappa shape index (κ2) is 11.0. The maximum atomic E-state index is 12.4. The van der Waals surface area contributed by atoms with Gasteiger partial charge in [0.05, 0.1) is 23.7 Å². The molecule has 0 radical (unpaired) electrons. The number of nitrogens with zero attached hydrogens (tertiary/aromatic N) is 1. The van der Waals surface area contributed by atoms with Crippen LogP contribution in [0.2, 0.25) is 0 Å². The Morgan fingerprint density at radius 3 is 2.41 bits per heavy atom. The molecule has 148 valence electrons. The molecule has 0 atom stereocenters. The highest BCUT2D eigenvalue weighted by atomic mass is 16.5. The predicted octanol–water partition coefficient (Wildman–Crippen LogP) is 6.06. The van der Waals surface area contributed by atoms with E-state index in [9.17, 15) is 10.1 Å². The molecule has 0 saturated heterocycles. The van der Waals surface area contributed by atoms with Gasteiger partial charge in [-0.3, -0.25) is 0 Å². The number of carbonyl (C=O) groups excluding carboxylic acids is 1. The molecular formula is C23H33NO3. The van der Waals surface area contributed by atoms with Crippen LogP contribution in [0, 0.1) is 16.7 Å². The summed E-state index contributed by atoms with van der Waals surface area (Å²) in [5, 5.41) is 9.66. The molecule has 0 unspecified atom stereocenters. The number of esters is 1. The minimum absolute atomic E-state index is 0.0781. The molecule has 0 aromatic heterocycles. The molecule has 0 heterocycles. The van der Waals surface area contributed by atoms with Crippen LogP contribution in [0.5, 0.6) is 5.75 Å². The summed E-state index contributed by atoms with van der Waals surface area (Å²) < 4.78 is 11.2. The van der Waals surface area contributed by atoms with E-state index in [1.165, 1.54) is 19.3 Å². The normalized spacial score (nSPS) is 22.0. The van der Waals surface area contributed by atoms with Crippen molar-refractivity contribution in [2.75, 3.05) is 6.61 Å². The first-order chi connectivity index (χ1) is 13.1. The highest BCUT2D eigenvalue weighted by Gasteiger charge is 2.36. The summed E-state index contributed by atoms with van der Waals surface area (Å²) in [5.74, 6) is 0.488. The van der Waals surface area contributed by atoms with Crippen molar-refractivity contribution in [2.24, 2.45) is 5.41 Å². The van der Waals surface area contributed by atoms with Gasteiger partial charge in [-0.2, -0.15) is 5.26 Å². The van der Waals surface area contributed by atoms with Crippen LogP contribution in [-0.4, -0.2) is 18.7 Å². The smallest absolute Gasteiger partial charge is 0.338 e. The Hall–Kier alpha value is -2.02. The topological polar surface area (TPSA) is 59.3 Å². The van der Waals surface area contributed by atoms with Gasteiger partial charge >= 0.3 is 5.97 Å². The molecule has 4 nitrogen and oxygen atoms in total. The summed E-state index contributed by atoms with van der Waals surface area (Å²) in [5.41, 5.74) is 0.338. The number of rotatable bonds is 10. The minimum atomic E-state index is -0.283. The van der Waals surface area contributed by atoms with Crippen LogP contribution in [0.3, 0.4) is 0 Å². The Balaban J connectivity index is 1.80. The number of ether oxygens (including phenoxy) is 2. The van der Waals surface area contributed by atoms with E-state index in [0.29, 0.717) is 12.2 Å². The molecule has 0 bridgehead atoms. The van der Waals surface area contributed by atoms with Gasteiger partial charge in [-0.05, 0) is 62.8 Å². The van der Waals surface area contributed by atoms with E-state index in [0.717, 1.165) is 50.7 Å². The molecule has 1 aromatic carbocycles. The molecule has 1 fully saturated rings. The Kier molecular flexibility index (Phi) is 8.64. The van der Waals surface area contributed by atoms with Crippen LogP contribution in [0.1, 0.15) is 88.4 Å². The highest BCUT2D eigenvalue weighted by molar-refractivity contribution is 5.89. The maximum Gasteiger partial charge on any atom is 0.338 e. The minimum Gasteiger partial charge on any atom is -0.494 e. The lowest BCUT2D eigenvalue weighted by Crippen LogP contribution is -2.31. The molecule has 1 saturated carbocycles. The second-order valence-corrected chi connectivity index (χ2v) is 7.68. The summed E-state index contributed by atoms with van der Waals surface area (Å²) in [6.45, 7) is 4.93. The van der Waals surface area contributed by atoms with Crippen molar-refractivity contribution in [3.8, 4) is 11.8 Å². The van der Waals surface area contributed by atoms with Crippen LogP contribution >= 0.6 is 0 Å². The van der Waals surface area contributed by atoms with Gasteiger partial charge in [0.1, 0.15) is 11.9 Å². The van der Waals surface area contributed by atoms with Gasteiger partial charge in [-0.1, -0.05) is 39.5 Å².